The Hall–Kier alpha value is -1.65. The van der Waals surface area contributed by atoms with Crippen LogP contribution in [0.25, 0.3) is 0 Å². The van der Waals surface area contributed by atoms with Gasteiger partial charge in [-0.15, -0.1) is 0 Å². The van der Waals surface area contributed by atoms with E-state index in [0.717, 1.165) is 0 Å². The highest BCUT2D eigenvalue weighted by Crippen LogP contribution is 2.32. The minimum atomic E-state index is -3.72. The van der Waals surface area contributed by atoms with E-state index < -0.39 is 15.6 Å². The van der Waals surface area contributed by atoms with Crippen molar-refractivity contribution < 1.29 is 13.2 Å². The van der Waals surface area contributed by atoms with Gasteiger partial charge in [-0.25, -0.2) is 13.4 Å². The summed E-state index contributed by atoms with van der Waals surface area (Å²) in [6, 6.07) is 0. The van der Waals surface area contributed by atoms with Crippen LogP contribution in [-0.4, -0.2) is 64.4 Å². The summed E-state index contributed by atoms with van der Waals surface area (Å²) < 4.78 is 29.0. The third-order valence-corrected chi connectivity index (χ3v) is 8.46. The van der Waals surface area contributed by atoms with Crippen LogP contribution in [0.15, 0.2) is 9.89 Å². The second-order valence-electron chi connectivity index (χ2n) is 8.93. The number of aryl methyl sites for hydroxylation is 2. The van der Waals surface area contributed by atoms with Gasteiger partial charge in [-0.1, -0.05) is 25.4 Å². The van der Waals surface area contributed by atoms with Gasteiger partial charge in [0.2, 0.25) is 10.0 Å². The largest absolute Gasteiger partial charge is 0.369 e. The van der Waals surface area contributed by atoms with Gasteiger partial charge < -0.3 is 5.73 Å². The van der Waals surface area contributed by atoms with Crippen molar-refractivity contribution in [1.82, 2.24) is 19.0 Å². The molecule has 1 fully saturated rings. The van der Waals surface area contributed by atoms with E-state index in [4.69, 9.17) is 17.3 Å². The third-order valence-electron chi connectivity index (χ3n) is 5.86. The monoisotopic (exact) mass is 458 g/mol. The zero-order valence-corrected chi connectivity index (χ0v) is 19.8. The molecule has 1 amide bonds. The Bertz CT molecular complexity index is 965. The van der Waals surface area contributed by atoms with Crippen LogP contribution in [0, 0.1) is 18.8 Å². The minimum absolute atomic E-state index is 0.0680. The molecule has 0 bridgehead atoms. The first kappa shape index (κ1) is 23.0. The maximum Gasteiger partial charge on any atom is 0.257 e. The first-order valence-corrected chi connectivity index (χ1v) is 12.0. The third kappa shape index (κ3) is 4.09. The molecule has 1 aromatic rings. The van der Waals surface area contributed by atoms with Crippen LogP contribution in [0.1, 0.15) is 45.7 Å². The number of hydrogen-bond acceptors (Lipinski definition) is 6. The number of aromatic nitrogens is 2. The molecule has 30 heavy (non-hydrogen) atoms. The average molecular weight is 459 g/mol. The number of guanidine groups is 1. The van der Waals surface area contributed by atoms with Gasteiger partial charge in [0.1, 0.15) is 15.6 Å². The van der Waals surface area contributed by atoms with E-state index in [-0.39, 0.29) is 27.8 Å². The van der Waals surface area contributed by atoms with Gasteiger partial charge in [0.05, 0.1) is 5.69 Å². The number of carbonyl (C=O) groups excluding carboxylic acids is 1. The molecular weight excluding hydrogens is 428 g/mol. The Morgan fingerprint density at radius 2 is 1.90 bits per heavy atom. The number of piperidine rings is 1. The summed E-state index contributed by atoms with van der Waals surface area (Å²) in [6.07, 6.45) is 1.91. The van der Waals surface area contributed by atoms with Gasteiger partial charge in [0.25, 0.3) is 5.91 Å². The van der Waals surface area contributed by atoms with Gasteiger partial charge >= 0.3 is 0 Å². The van der Waals surface area contributed by atoms with Crippen molar-refractivity contribution in [2.45, 2.75) is 57.4 Å². The van der Waals surface area contributed by atoms with Crippen LogP contribution in [0.2, 0.25) is 5.15 Å². The fourth-order valence-corrected chi connectivity index (χ4v) is 6.66. The van der Waals surface area contributed by atoms with Crippen molar-refractivity contribution in [2.75, 3.05) is 19.6 Å². The molecule has 1 aromatic heterocycles. The number of rotatable bonds is 6. The van der Waals surface area contributed by atoms with Crippen molar-refractivity contribution in [3.05, 3.63) is 10.8 Å². The summed E-state index contributed by atoms with van der Waals surface area (Å²) in [4.78, 5) is 19.0. The summed E-state index contributed by atoms with van der Waals surface area (Å²) in [7, 11) is -2.10. The summed E-state index contributed by atoms with van der Waals surface area (Å²) in [5, 5.41) is 4.23. The summed E-state index contributed by atoms with van der Waals surface area (Å²) >= 11 is 6.18. The first-order valence-electron chi connectivity index (χ1n) is 10.2. The lowest BCUT2D eigenvalue weighted by molar-refractivity contribution is -0.131. The maximum absolute atomic E-state index is 13.1. The maximum atomic E-state index is 13.1. The van der Waals surface area contributed by atoms with Crippen molar-refractivity contribution in [1.29, 1.82) is 0 Å². The highest BCUT2D eigenvalue weighted by atomic mass is 35.5. The van der Waals surface area contributed by atoms with E-state index in [0.29, 0.717) is 50.5 Å². The van der Waals surface area contributed by atoms with Crippen molar-refractivity contribution >= 4 is 33.5 Å². The lowest BCUT2D eigenvalue weighted by Gasteiger charge is -2.33. The van der Waals surface area contributed by atoms with Crippen LogP contribution in [0.4, 0.5) is 0 Å². The fraction of sp³-hybridized carbons (Fsp3) is 0.737. The molecule has 11 heteroatoms. The molecular formula is C19H31ClN6O3S. The predicted octanol–water partition coefficient (Wildman–Crippen LogP) is 1.74. The Labute approximate surface area is 183 Å². The highest BCUT2D eigenvalue weighted by molar-refractivity contribution is 7.89. The molecule has 1 atom stereocenters. The number of aliphatic imine (C=N–C) groups is 1. The van der Waals surface area contributed by atoms with E-state index in [1.54, 1.807) is 18.9 Å². The molecule has 3 heterocycles. The number of halogens is 1. The van der Waals surface area contributed by atoms with Crippen LogP contribution in [0.3, 0.4) is 0 Å². The lowest BCUT2D eigenvalue weighted by atomic mass is 9.90. The first-order chi connectivity index (χ1) is 13.9. The minimum Gasteiger partial charge on any atom is -0.369 e. The van der Waals surface area contributed by atoms with Crippen LogP contribution in [0.5, 0.6) is 0 Å². The molecule has 0 spiro atoms. The summed E-state index contributed by atoms with van der Waals surface area (Å²) in [5.41, 5.74) is 5.65. The highest BCUT2D eigenvalue weighted by Gasteiger charge is 2.45. The quantitative estimate of drug-likeness (QED) is 0.697. The van der Waals surface area contributed by atoms with Crippen molar-refractivity contribution in [3.8, 4) is 0 Å². The van der Waals surface area contributed by atoms with Crippen LogP contribution < -0.4 is 5.73 Å². The normalized spacial score (nSPS) is 24.2. The fourth-order valence-electron chi connectivity index (χ4n) is 4.48. The summed E-state index contributed by atoms with van der Waals surface area (Å²) in [5.74, 6) is 0.671. The molecule has 1 saturated heterocycles. The Kier molecular flexibility index (Phi) is 6.23. The average Bonchev–Trinajstić information content (AvgIpc) is 3.01. The van der Waals surface area contributed by atoms with Gasteiger partial charge in [-0.2, -0.15) is 9.40 Å². The van der Waals surface area contributed by atoms with Gasteiger partial charge in [0, 0.05) is 26.7 Å². The number of nitrogens with zero attached hydrogens (tertiary/aromatic N) is 5. The van der Waals surface area contributed by atoms with E-state index in [1.807, 2.05) is 6.92 Å². The summed E-state index contributed by atoms with van der Waals surface area (Å²) in [6.45, 7) is 8.76. The number of carbonyl (C=O) groups is 1. The Morgan fingerprint density at radius 3 is 2.40 bits per heavy atom. The predicted molar refractivity (Wildman–Crippen MR) is 116 cm³/mol. The number of sulfonamides is 1. The van der Waals surface area contributed by atoms with Crippen LogP contribution in [-0.2, 0) is 21.9 Å². The molecule has 9 nitrogen and oxygen atoms in total. The molecule has 2 aliphatic rings. The number of nitrogens with two attached hydrogens (primary N) is 1. The van der Waals surface area contributed by atoms with E-state index in [1.165, 1.54) is 8.99 Å². The Balaban J connectivity index is 1.65. The lowest BCUT2D eigenvalue weighted by Crippen LogP contribution is -2.47. The molecule has 0 saturated carbocycles. The number of hydrogen-bond donors (Lipinski definition) is 1. The van der Waals surface area contributed by atoms with E-state index in [2.05, 4.69) is 23.9 Å². The smallest absolute Gasteiger partial charge is 0.257 e. The zero-order valence-electron chi connectivity index (χ0n) is 18.2. The second kappa shape index (κ2) is 8.12. The second-order valence-corrected chi connectivity index (χ2v) is 11.2. The molecule has 3 rings (SSSR count). The van der Waals surface area contributed by atoms with Gasteiger partial charge in [0.15, 0.2) is 5.96 Å². The SMILES string of the molecule is Cc1nn(C)c(Cl)c1S(=O)(=O)N1CCC(CN2C(=O)C(C)(CC(C)C)N=C2N)CC1. The Morgan fingerprint density at radius 1 is 1.30 bits per heavy atom. The molecule has 2 N–H and O–H groups in total. The molecule has 0 aliphatic carbocycles. The standard InChI is InChI=1S/C19H31ClN6O3S/c1-12(2)10-19(4)17(27)26(18(21)22-19)11-14-6-8-25(9-7-14)30(28,29)15-13(3)23-24(5)16(15)20/h12,14H,6-11H2,1-5H3,(H2,21,22). The van der Waals surface area contributed by atoms with Gasteiger partial charge in [-0.3, -0.25) is 14.4 Å². The van der Waals surface area contributed by atoms with E-state index in [9.17, 15) is 13.2 Å². The van der Waals surface area contributed by atoms with Crippen LogP contribution >= 0.6 is 11.6 Å². The molecule has 0 aromatic carbocycles. The van der Waals surface area contributed by atoms with Gasteiger partial charge in [-0.05, 0) is 44.9 Å². The zero-order chi connectivity index (χ0) is 22.4. The molecule has 1 unspecified atom stereocenters. The molecule has 2 aliphatic heterocycles. The topological polar surface area (TPSA) is 114 Å². The van der Waals surface area contributed by atoms with Crippen molar-refractivity contribution in [2.24, 2.45) is 29.6 Å². The molecule has 0 radical (unpaired) electrons. The number of amides is 1. The van der Waals surface area contributed by atoms with E-state index >= 15 is 0 Å². The van der Waals surface area contributed by atoms with Crippen molar-refractivity contribution in [3.63, 3.8) is 0 Å². The molecule has 168 valence electrons.